The third-order valence-corrected chi connectivity index (χ3v) is 2.90. The van der Waals surface area contributed by atoms with Crippen molar-refractivity contribution in [3.8, 4) is 5.75 Å². The third kappa shape index (κ3) is 5.47. The first kappa shape index (κ1) is 15.4. The number of hydrogen-bond acceptors (Lipinski definition) is 2. The molecule has 2 aromatic rings. The van der Waals surface area contributed by atoms with Crippen LogP contribution in [0, 0.1) is 6.92 Å². The van der Waals surface area contributed by atoms with Gasteiger partial charge < -0.3 is 10.1 Å². The van der Waals surface area contributed by atoms with Crippen LogP contribution < -0.4 is 10.1 Å². The van der Waals surface area contributed by atoms with Crippen LogP contribution in [0.3, 0.4) is 0 Å². The van der Waals surface area contributed by atoms with Gasteiger partial charge in [0.25, 0.3) is 0 Å². The Morgan fingerprint density at radius 1 is 0.952 bits per heavy atom. The minimum absolute atomic E-state index is 0.204. The quantitative estimate of drug-likeness (QED) is 0.893. The monoisotopic (exact) mass is 295 g/mol. The molecule has 0 spiro atoms. The minimum atomic E-state index is -4.65. The Balaban J connectivity index is 1.84. The molecule has 0 unspecified atom stereocenters. The number of aryl methyl sites for hydroxylation is 1. The number of hydrogen-bond donors (Lipinski definition) is 1. The fourth-order valence-corrected chi connectivity index (χ4v) is 1.98. The van der Waals surface area contributed by atoms with Gasteiger partial charge in [0, 0.05) is 13.1 Å². The van der Waals surface area contributed by atoms with Gasteiger partial charge in [0.1, 0.15) is 5.75 Å². The molecule has 0 aliphatic rings. The fourth-order valence-electron chi connectivity index (χ4n) is 1.98. The SMILES string of the molecule is Cc1cccc(CNCc2ccc(OC(F)(F)F)cc2)c1. The summed E-state index contributed by atoms with van der Waals surface area (Å²) >= 11 is 0. The van der Waals surface area contributed by atoms with Crippen LogP contribution in [0.25, 0.3) is 0 Å². The van der Waals surface area contributed by atoms with Gasteiger partial charge in [-0.3, -0.25) is 0 Å². The van der Waals surface area contributed by atoms with Gasteiger partial charge in [0.05, 0.1) is 0 Å². The lowest BCUT2D eigenvalue weighted by Gasteiger charge is -2.10. The summed E-state index contributed by atoms with van der Waals surface area (Å²) in [6, 6.07) is 14.0. The van der Waals surface area contributed by atoms with Crippen molar-refractivity contribution < 1.29 is 17.9 Å². The van der Waals surface area contributed by atoms with Crippen molar-refractivity contribution in [2.75, 3.05) is 0 Å². The smallest absolute Gasteiger partial charge is 0.406 e. The molecule has 5 heteroatoms. The van der Waals surface area contributed by atoms with E-state index in [0.29, 0.717) is 13.1 Å². The van der Waals surface area contributed by atoms with Crippen LogP contribution in [-0.2, 0) is 13.1 Å². The fraction of sp³-hybridized carbons (Fsp3) is 0.250. The Bertz CT molecular complexity index is 579. The van der Waals surface area contributed by atoms with Gasteiger partial charge in [-0.05, 0) is 30.2 Å². The van der Waals surface area contributed by atoms with Crippen LogP contribution in [0.1, 0.15) is 16.7 Å². The van der Waals surface area contributed by atoms with Crippen LogP contribution in [0.5, 0.6) is 5.75 Å². The summed E-state index contributed by atoms with van der Waals surface area (Å²) in [6.45, 7) is 3.32. The normalized spacial score (nSPS) is 11.4. The molecule has 0 aromatic heterocycles. The predicted molar refractivity (Wildman–Crippen MR) is 74.8 cm³/mol. The first-order chi connectivity index (χ1) is 9.92. The molecule has 0 saturated heterocycles. The van der Waals surface area contributed by atoms with E-state index in [1.807, 2.05) is 25.1 Å². The number of benzene rings is 2. The van der Waals surface area contributed by atoms with Gasteiger partial charge in [-0.15, -0.1) is 13.2 Å². The second-order valence-electron chi connectivity index (χ2n) is 4.78. The first-order valence-corrected chi connectivity index (χ1v) is 6.53. The van der Waals surface area contributed by atoms with E-state index >= 15 is 0 Å². The number of rotatable bonds is 5. The molecule has 0 bridgehead atoms. The maximum absolute atomic E-state index is 12.0. The first-order valence-electron chi connectivity index (χ1n) is 6.53. The molecule has 2 rings (SSSR count). The Kier molecular flexibility index (Phi) is 4.85. The van der Waals surface area contributed by atoms with Gasteiger partial charge in [-0.25, -0.2) is 0 Å². The molecule has 0 saturated carbocycles. The molecule has 0 heterocycles. The van der Waals surface area contributed by atoms with Crippen molar-refractivity contribution in [2.45, 2.75) is 26.4 Å². The van der Waals surface area contributed by atoms with Crippen LogP contribution in [0.15, 0.2) is 48.5 Å². The van der Waals surface area contributed by atoms with Crippen molar-refractivity contribution in [3.63, 3.8) is 0 Å². The van der Waals surface area contributed by atoms with Gasteiger partial charge >= 0.3 is 6.36 Å². The molecule has 2 nitrogen and oxygen atoms in total. The number of alkyl halides is 3. The lowest BCUT2D eigenvalue weighted by molar-refractivity contribution is -0.274. The van der Waals surface area contributed by atoms with Crippen molar-refractivity contribution in [1.82, 2.24) is 5.32 Å². The maximum atomic E-state index is 12.0. The minimum Gasteiger partial charge on any atom is -0.406 e. The van der Waals surface area contributed by atoms with Gasteiger partial charge in [-0.2, -0.15) is 0 Å². The highest BCUT2D eigenvalue weighted by molar-refractivity contribution is 5.27. The van der Waals surface area contributed by atoms with Crippen LogP contribution in [0.4, 0.5) is 13.2 Å². The molecule has 0 atom stereocenters. The summed E-state index contributed by atoms with van der Waals surface area (Å²) in [5, 5.41) is 3.25. The van der Waals surface area contributed by atoms with E-state index in [9.17, 15) is 13.2 Å². The van der Waals surface area contributed by atoms with Crippen LogP contribution >= 0.6 is 0 Å². The average molecular weight is 295 g/mol. The lowest BCUT2D eigenvalue weighted by atomic mass is 10.1. The third-order valence-electron chi connectivity index (χ3n) is 2.90. The average Bonchev–Trinajstić information content (AvgIpc) is 2.39. The van der Waals surface area contributed by atoms with Crippen molar-refractivity contribution >= 4 is 0 Å². The maximum Gasteiger partial charge on any atom is 0.573 e. The molecular formula is C16H16F3NO. The Hall–Kier alpha value is -2.01. The summed E-state index contributed by atoms with van der Waals surface area (Å²) < 4.78 is 39.9. The summed E-state index contributed by atoms with van der Waals surface area (Å²) in [4.78, 5) is 0. The summed E-state index contributed by atoms with van der Waals surface area (Å²) in [5.41, 5.74) is 3.27. The van der Waals surface area contributed by atoms with Crippen molar-refractivity contribution in [1.29, 1.82) is 0 Å². The predicted octanol–water partition coefficient (Wildman–Crippen LogP) is 4.18. The summed E-state index contributed by atoms with van der Waals surface area (Å²) in [7, 11) is 0. The van der Waals surface area contributed by atoms with Crippen molar-refractivity contribution in [3.05, 3.63) is 65.2 Å². The second kappa shape index (κ2) is 6.63. The van der Waals surface area contributed by atoms with E-state index in [4.69, 9.17) is 0 Å². The van der Waals surface area contributed by atoms with E-state index < -0.39 is 6.36 Å². The second-order valence-corrected chi connectivity index (χ2v) is 4.78. The van der Waals surface area contributed by atoms with E-state index in [2.05, 4.69) is 16.1 Å². The standard InChI is InChI=1S/C16H16F3NO/c1-12-3-2-4-14(9-12)11-20-10-13-5-7-15(8-6-13)21-16(17,18)19/h2-9,20H,10-11H2,1H3. The zero-order valence-corrected chi connectivity index (χ0v) is 11.6. The van der Waals surface area contributed by atoms with E-state index in [-0.39, 0.29) is 5.75 Å². The number of nitrogens with one attached hydrogen (secondary N) is 1. The molecule has 112 valence electrons. The molecular weight excluding hydrogens is 279 g/mol. The molecule has 0 amide bonds. The molecule has 0 aliphatic heterocycles. The van der Waals surface area contributed by atoms with Crippen LogP contribution in [-0.4, -0.2) is 6.36 Å². The zero-order valence-electron chi connectivity index (χ0n) is 11.6. The molecule has 0 radical (unpaired) electrons. The molecule has 1 N–H and O–H groups in total. The Morgan fingerprint density at radius 3 is 2.24 bits per heavy atom. The largest absolute Gasteiger partial charge is 0.573 e. The van der Waals surface area contributed by atoms with E-state index in [0.717, 1.165) is 5.56 Å². The summed E-state index contributed by atoms with van der Waals surface area (Å²) in [5.74, 6) is -0.204. The topological polar surface area (TPSA) is 21.3 Å². The van der Waals surface area contributed by atoms with Crippen LogP contribution in [0.2, 0.25) is 0 Å². The zero-order chi connectivity index (χ0) is 15.3. The Morgan fingerprint density at radius 2 is 1.62 bits per heavy atom. The highest BCUT2D eigenvalue weighted by Crippen LogP contribution is 2.22. The molecule has 0 aliphatic carbocycles. The number of ether oxygens (including phenoxy) is 1. The lowest BCUT2D eigenvalue weighted by Crippen LogP contribution is -2.17. The van der Waals surface area contributed by atoms with Crippen molar-refractivity contribution in [2.24, 2.45) is 0 Å². The van der Waals surface area contributed by atoms with E-state index in [1.165, 1.54) is 23.3 Å². The molecule has 2 aromatic carbocycles. The number of halogens is 3. The highest BCUT2D eigenvalue weighted by Gasteiger charge is 2.30. The van der Waals surface area contributed by atoms with Gasteiger partial charge in [0.15, 0.2) is 0 Å². The molecule has 21 heavy (non-hydrogen) atoms. The van der Waals surface area contributed by atoms with E-state index in [1.54, 1.807) is 12.1 Å². The van der Waals surface area contributed by atoms with Gasteiger partial charge in [0.2, 0.25) is 0 Å². The molecule has 0 fully saturated rings. The summed E-state index contributed by atoms with van der Waals surface area (Å²) in [6.07, 6.45) is -4.65. The Labute approximate surface area is 121 Å². The highest BCUT2D eigenvalue weighted by atomic mass is 19.4. The van der Waals surface area contributed by atoms with Gasteiger partial charge in [-0.1, -0.05) is 42.0 Å².